The molecule has 0 heterocycles. The minimum absolute atomic E-state index is 0.0505. The van der Waals surface area contributed by atoms with Crippen LogP contribution in [0.4, 0.5) is 0 Å². The molecule has 0 aliphatic heterocycles. The van der Waals surface area contributed by atoms with Gasteiger partial charge in [-0.25, -0.2) is 4.57 Å². The van der Waals surface area contributed by atoms with Crippen molar-refractivity contribution < 1.29 is 37.6 Å². The SMILES string of the molecule is CCCCC/C=C\C/C=C\C/C=C\CCCCCCCCC(=O)OC(COC(=O)CCCCCCCCCCCCCCCCCCCCCCCCC/C=C\C/C=C\CCCCCCC)COP(=O)(O)OCCN. The van der Waals surface area contributed by atoms with Crippen molar-refractivity contribution in [1.82, 2.24) is 0 Å². The van der Waals surface area contributed by atoms with E-state index in [1.807, 2.05) is 0 Å². The van der Waals surface area contributed by atoms with Crippen molar-refractivity contribution in [3.63, 3.8) is 0 Å². The van der Waals surface area contributed by atoms with Gasteiger partial charge >= 0.3 is 19.8 Å². The van der Waals surface area contributed by atoms with E-state index in [9.17, 15) is 19.0 Å². The second kappa shape index (κ2) is 60.9. The number of hydrogen-bond donors (Lipinski definition) is 2. The Bertz CT molecular complexity index is 1410. The molecule has 9 nitrogen and oxygen atoms in total. The third-order valence-electron chi connectivity index (χ3n) is 13.9. The Balaban J connectivity index is 3.84. The van der Waals surface area contributed by atoms with E-state index in [2.05, 4.69) is 74.6 Å². The molecule has 2 atom stereocenters. The van der Waals surface area contributed by atoms with Crippen LogP contribution in [0.2, 0.25) is 0 Å². The molecule has 2 unspecified atom stereocenters. The predicted octanol–water partition coefficient (Wildman–Crippen LogP) is 20.3. The quantitative estimate of drug-likeness (QED) is 0.0264. The summed E-state index contributed by atoms with van der Waals surface area (Å²) in [7, 11) is -4.39. The van der Waals surface area contributed by atoms with Crippen molar-refractivity contribution in [2.45, 2.75) is 315 Å². The van der Waals surface area contributed by atoms with E-state index in [4.69, 9.17) is 24.3 Å². The number of phosphoric acid groups is 1. The number of ether oxygens (including phenoxy) is 2. The molecular weight excluding hydrogens is 954 g/mol. The smallest absolute Gasteiger partial charge is 0.462 e. The summed E-state index contributed by atoms with van der Waals surface area (Å²) >= 11 is 0. The van der Waals surface area contributed by atoms with Crippen LogP contribution in [-0.2, 0) is 32.7 Å². The minimum Gasteiger partial charge on any atom is -0.462 e. The van der Waals surface area contributed by atoms with Crippen molar-refractivity contribution in [2.24, 2.45) is 5.73 Å². The Kier molecular flexibility index (Phi) is 59.1. The number of phosphoric ester groups is 1. The minimum atomic E-state index is -4.39. The number of rotatable bonds is 60. The van der Waals surface area contributed by atoms with Gasteiger partial charge in [0.2, 0.25) is 0 Å². The van der Waals surface area contributed by atoms with E-state index in [1.54, 1.807) is 0 Å². The molecule has 0 bridgehead atoms. The first-order valence-electron chi connectivity index (χ1n) is 31.8. The first kappa shape index (κ1) is 72.7. The van der Waals surface area contributed by atoms with Crippen molar-refractivity contribution in [3.8, 4) is 0 Å². The Hall–Kier alpha value is -2.29. The summed E-state index contributed by atoms with van der Waals surface area (Å²) in [4.78, 5) is 35.2. The highest BCUT2D eigenvalue weighted by Crippen LogP contribution is 2.43. The maximum atomic E-state index is 12.7. The van der Waals surface area contributed by atoms with Crippen LogP contribution in [-0.4, -0.2) is 49.3 Å². The molecule has 0 saturated carbocycles. The number of unbranched alkanes of at least 4 members (excludes halogenated alkanes) is 37. The Morgan fingerprint density at radius 1 is 0.400 bits per heavy atom. The van der Waals surface area contributed by atoms with E-state index in [0.29, 0.717) is 6.42 Å². The summed E-state index contributed by atoms with van der Waals surface area (Å²) in [6.45, 7) is 3.72. The maximum Gasteiger partial charge on any atom is 0.472 e. The lowest BCUT2D eigenvalue weighted by molar-refractivity contribution is -0.161. The molecule has 0 rings (SSSR count). The molecule has 0 radical (unpaired) electrons. The zero-order valence-electron chi connectivity index (χ0n) is 49.0. The molecule has 0 aromatic carbocycles. The van der Waals surface area contributed by atoms with E-state index in [1.165, 1.54) is 199 Å². The van der Waals surface area contributed by atoms with Gasteiger partial charge in [0.1, 0.15) is 6.61 Å². The van der Waals surface area contributed by atoms with Gasteiger partial charge in [-0.05, 0) is 83.5 Å². The van der Waals surface area contributed by atoms with Crippen LogP contribution in [0.25, 0.3) is 0 Å². The second-order valence-electron chi connectivity index (χ2n) is 21.3. The number of carbonyl (C=O) groups excluding carboxylic acids is 2. The molecule has 0 fully saturated rings. The second-order valence-corrected chi connectivity index (χ2v) is 22.7. The van der Waals surface area contributed by atoms with Crippen LogP contribution in [0.1, 0.15) is 309 Å². The lowest BCUT2D eigenvalue weighted by atomic mass is 10.0. The molecule has 10 heteroatoms. The zero-order valence-corrected chi connectivity index (χ0v) is 49.9. The standard InChI is InChI=1S/C65H120NO8P/c1-3-5-7-9-11-13-15-17-19-21-23-24-25-26-27-28-29-30-31-32-33-34-35-36-37-38-40-41-43-45-47-49-51-53-55-57-64(67)71-61-63(62-73-75(69,70)72-60-59-66)74-65(68)58-56-54-52-50-48-46-44-42-39-22-20-18-16-14-12-10-8-6-4-2/h12,14-15,17-18,20-21,23,39,42,63H,3-11,13,16,19,22,24-38,40-41,43-62,66H2,1-2H3,(H,69,70)/b14-12-,17-15-,20-18-,23-21-,42-39-. The largest absolute Gasteiger partial charge is 0.472 e. The molecule has 0 amide bonds. The summed E-state index contributed by atoms with van der Waals surface area (Å²) in [6.07, 6.45) is 77.3. The molecule has 0 aromatic heterocycles. The van der Waals surface area contributed by atoms with Gasteiger partial charge in [0.25, 0.3) is 0 Å². The monoisotopic (exact) mass is 1070 g/mol. The third-order valence-corrected chi connectivity index (χ3v) is 14.9. The highest BCUT2D eigenvalue weighted by molar-refractivity contribution is 7.47. The van der Waals surface area contributed by atoms with Gasteiger partial charge in [-0.3, -0.25) is 18.6 Å². The first-order chi connectivity index (χ1) is 36.8. The lowest BCUT2D eigenvalue weighted by Gasteiger charge is -2.19. The molecule has 0 spiro atoms. The van der Waals surface area contributed by atoms with Crippen LogP contribution >= 0.6 is 7.82 Å². The van der Waals surface area contributed by atoms with Crippen LogP contribution in [0.3, 0.4) is 0 Å². The van der Waals surface area contributed by atoms with Crippen LogP contribution in [0, 0.1) is 0 Å². The number of hydrogen-bond acceptors (Lipinski definition) is 8. The van der Waals surface area contributed by atoms with Gasteiger partial charge in [-0.15, -0.1) is 0 Å². The van der Waals surface area contributed by atoms with Crippen LogP contribution in [0.5, 0.6) is 0 Å². The average Bonchev–Trinajstić information content (AvgIpc) is 3.40. The maximum absolute atomic E-state index is 12.7. The van der Waals surface area contributed by atoms with Gasteiger partial charge < -0.3 is 20.1 Å². The zero-order chi connectivity index (χ0) is 54.5. The summed E-state index contributed by atoms with van der Waals surface area (Å²) in [5.74, 6) is -0.831. The van der Waals surface area contributed by atoms with E-state index in [0.717, 1.165) is 77.0 Å². The van der Waals surface area contributed by atoms with E-state index in [-0.39, 0.29) is 38.6 Å². The molecule has 0 aromatic rings. The molecule has 438 valence electrons. The number of allylic oxidation sites excluding steroid dienone is 10. The number of carbonyl (C=O) groups is 2. The van der Waals surface area contributed by atoms with E-state index >= 15 is 0 Å². The molecule has 0 aliphatic carbocycles. The highest BCUT2D eigenvalue weighted by atomic mass is 31.2. The summed E-state index contributed by atoms with van der Waals surface area (Å²) in [6, 6.07) is 0. The molecule has 75 heavy (non-hydrogen) atoms. The van der Waals surface area contributed by atoms with Crippen molar-refractivity contribution in [2.75, 3.05) is 26.4 Å². The highest BCUT2D eigenvalue weighted by Gasteiger charge is 2.26. The Labute approximate surface area is 463 Å². The summed E-state index contributed by atoms with van der Waals surface area (Å²) in [5, 5.41) is 0. The third kappa shape index (κ3) is 60.8. The first-order valence-corrected chi connectivity index (χ1v) is 33.3. The normalized spacial score (nSPS) is 13.4. The number of esters is 2. The van der Waals surface area contributed by atoms with Crippen molar-refractivity contribution >= 4 is 19.8 Å². The Morgan fingerprint density at radius 3 is 1.05 bits per heavy atom. The van der Waals surface area contributed by atoms with Crippen molar-refractivity contribution in [3.05, 3.63) is 60.8 Å². The van der Waals surface area contributed by atoms with Crippen LogP contribution in [0.15, 0.2) is 60.8 Å². The molecular formula is C65H120NO8P. The molecule has 3 N–H and O–H groups in total. The van der Waals surface area contributed by atoms with Gasteiger partial charge in [0.05, 0.1) is 13.2 Å². The predicted molar refractivity (Wildman–Crippen MR) is 321 cm³/mol. The lowest BCUT2D eigenvalue weighted by Crippen LogP contribution is -2.29. The fourth-order valence-electron chi connectivity index (χ4n) is 9.15. The van der Waals surface area contributed by atoms with Gasteiger partial charge in [-0.2, -0.15) is 0 Å². The fraction of sp³-hybridized carbons (Fsp3) is 0.815. The van der Waals surface area contributed by atoms with Gasteiger partial charge in [0.15, 0.2) is 6.10 Å². The van der Waals surface area contributed by atoms with E-state index < -0.39 is 26.5 Å². The van der Waals surface area contributed by atoms with Gasteiger partial charge in [0, 0.05) is 19.4 Å². The van der Waals surface area contributed by atoms with Crippen molar-refractivity contribution in [1.29, 1.82) is 0 Å². The average molecular weight is 1070 g/mol. The topological polar surface area (TPSA) is 134 Å². The van der Waals surface area contributed by atoms with Gasteiger partial charge in [-0.1, -0.05) is 274 Å². The Morgan fingerprint density at radius 2 is 0.693 bits per heavy atom. The summed E-state index contributed by atoms with van der Waals surface area (Å²) < 4.78 is 33.1. The van der Waals surface area contributed by atoms with Crippen LogP contribution < -0.4 is 5.73 Å². The number of nitrogens with two attached hydrogens (primary N) is 1. The summed E-state index contributed by atoms with van der Waals surface area (Å²) in [5.41, 5.74) is 5.38. The fourth-order valence-corrected chi connectivity index (χ4v) is 9.91. The molecule has 0 aliphatic rings. The molecule has 0 saturated heterocycles.